The molecule has 0 spiro atoms. The summed E-state index contributed by atoms with van der Waals surface area (Å²) < 4.78 is 1.53. The summed E-state index contributed by atoms with van der Waals surface area (Å²) in [4.78, 5) is 20.4. The molecule has 2 aromatic rings. The summed E-state index contributed by atoms with van der Waals surface area (Å²) in [7, 11) is 1.82. The molecule has 6 heteroatoms. The van der Waals surface area contributed by atoms with Crippen LogP contribution in [0, 0.1) is 11.5 Å². The first-order valence-corrected chi connectivity index (χ1v) is 7.70. The lowest BCUT2D eigenvalue weighted by atomic mass is 10.0. The van der Waals surface area contributed by atoms with Gasteiger partial charge < -0.3 is 9.80 Å². The van der Waals surface area contributed by atoms with Crippen molar-refractivity contribution in [3.63, 3.8) is 0 Å². The normalized spacial score (nSPS) is 15.2. The number of hydrogen-bond donors (Lipinski definition) is 0. The van der Waals surface area contributed by atoms with Crippen LogP contribution < -0.4 is 0 Å². The molecule has 1 aliphatic rings. The summed E-state index contributed by atoms with van der Waals surface area (Å²) in [6, 6.07) is 9.87. The molecule has 0 bridgehead atoms. The molecule has 1 amide bonds. The molecule has 0 atom stereocenters. The van der Waals surface area contributed by atoms with Gasteiger partial charge in [-0.05, 0) is 12.8 Å². The number of imidazole rings is 1. The summed E-state index contributed by atoms with van der Waals surface area (Å²) in [6.45, 7) is 1.41. The van der Waals surface area contributed by atoms with E-state index in [9.17, 15) is 4.79 Å². The Hall–Kier alpha value is -2.81. The van der Waals surface area contributed by atoms with E-state index in [2.05, 4.69) is 11.2 Å². The molecule has 0 N–H and O–H groups in total. The predicted molar refractivity (Wildman–Crippen MR) is 86.4 cm³/mol. The van der Waals surface area contributed by atoms with E-state index in [1.807, 2.05) is 37.4 Å². The number of piperidine rings is 1. The van der Waals surface area contributed by atoms with Crippen molar-refractivity contribution in [2.45, 2.75) is 18.9 Å². The second-order valence-corrected chi connectivity index (χ2v) is 5.74. The van der Waals surface area contributed by atoms with Gasteiger partial charge in [0.2, 0.25) is 0 Å². The van der Waals surface area contributed by atoms with Crippen LogP contribution in [0.2, 0.25) is 0 Å². The van der Waals surface area contributed by atoms with Crippen LogP contribution in [0.25, 0.3) is 11.3 Å². The van der Waals surface area contributed by atoms with E-state index in [0.29, 0.717) is 13.1 Å². The second-order valence-electron chi connectivity index (χ2n) is 5.74. The Balaban J connectivity index is 1.69. The molecule has 3 rings (SSSR count). The van der Waals surface area contributed by atoms with Crippen molar-refractivity contribution in [1.82, 2.24) is 19.4 Å². The minimum absolute atomic E-state index is 0.0879. The van der Waals surface area contributed by atoms with E-state index in [4.69, 9.17) is 5.26 Å². The summed E-state index contributed by atoms with van der Waals surface area (Å²) in [5, 5.41) is 8.90. The smallest absolute Gasteiger partial charge is 0.324 e. The molecule has 1 aliphatic heterocycles. The number of likely N-dealkylation sites (tertiary alicyclic amines) is 1. The Labute approximate surface area is 135 Å². The largest absolute Gasteiger partial charge is 0.329 e. The lowest BCUT2D eigenvalue weighted by Gasteiger charge is -2.34. The van der Waals surface area contributed by atoms with Crippen molar-refractivity contribution in [3.8, 4) is 17.5 Å². The molecule has 6 nitrogen and oxygen atoms in total. The van der Waals surface area contributed by atoms with Crippen LogP contribution >= 0.6 is 0 Å². The van der Waals surface area contributed by atoms with Crippen LogP contribution in [0.15, 0.2) is 42.9 Å². The van der Waals surface area contributed by atoms with Gasteiger partial charge in [0.1, 0.15) is 6.33 Å². The third-order valence-electron chi connectivity index (χ3n) is 4.33. The first kappa shape index (κ1) is 15.1. The molecule has 0 saturated carbocycles. The first-order valence-electron chi connectivity index (χ1n) is 7.70. The number of rotatable bonds is 2. The standard InChI is InChI=1S/C17H19N5O/c1-20(15-7-9-21(12-18)10-8-15)17(23)22-11-16(19-13-22)14-5-3-2-4-6-14/h2-6,11,13,15H,7-10H2,1H3. The highest BCUT2D eigenvalue weighted by molar-refractivity contribution is 5.78. The van der Waals surface area contributed by atoms with Crippen LogP contribution in [0.1, 0.15) is 12.8 Å². The van der Waals surface area contributed by atoms with Crippen LogP contribution in [0.4, 0.5) is 4.79 Å². The molecule has 118 valence electrons. The van der Waals surface area contributed by atoms with Gasteiger partial charge in [-0.15, -0.1) is 0 Å². The van der Waals surface area contributed by atoms with Crippen molar-refractivity contribution in [2.24, 2.45) is 0 Å². The Morgan fingerprint density at radius 3 is 2.65 bits per heavy atom. The highest BCUT2D eigenvalue weighted by atomic mass is 16.2. The van der Waals surface area contributed by atoms with Gasteiger partial charge >= 0.3 is 6.03 Å². The van der Waals surface area contributed by atoms with Gasteiger partial charge in [-0.2, -0.15) is 5.26 Å². The van der Waals surface area contributed by atoms with Crippen LogP contribution in [0.5, 0.6) is 0 Å². The number of nitriles is 1. The monoisotopic (exact) mass is 309 g/mol. The lowest BCUT2D eigenvalue weighted by molar-refractivity contribution is 0.158. The summed E-state index contributed by atoms with van der Waals surface area (Å²) in [5.41, 5.74) is 1.77. The quantitative estimate of drug-likeness (QED) is 0.799. The van der Waals surface area contributed by atoms with E-state index in [1.54, 1.807) is 22.3 Å². The fraction of sp³-hybridized carbons (Fsp3) is 0.353. The Kier molecular flexibility index (Phi) is 4.29. The molecule has 1 aromatic heterocycles. The molecular formula is C17H19N5O. The minimum Gasteiger partial charge on any atom is -0.324 e. The van der Waals surface area contributed by atoms with Crippen LogP contribution in [-0.2, 0) is 0 Å². The van der Waals surface area contributed by atoms with Gasteiger partial charge in [-0.3, -0.25) is 4.57 Å². The van der Waals surface area contributed by atoms with E-state index < -0.39 is 0 Å². The summed E-state index contributed by atoms with van der Waals surface area (Å²) >= 11 is 0. The van der Waals surface area contributed by atoms with E-state index in [1.165, 1.54) is 4.57 Å². The molecule has 0 aliphatic carbocycles. The van der Waals surface area contributed by atoms with Crippen molar-refractivity contribution in [2.75, 3.05) is 20.1 Å². The SMILES string of the molecule is CN(C(=O)n1cnc(-c2ccccc2)c1)C1CCN(C#N)CC1. The summed E-state index contributed by atoms with van der Waals surface area (Å²) in [6.07, 6.45) is 7.12. The molecule has 23 heavy (non-hydrogen) atoms. The average Bonchev–Trinajstić information content (AvgIpc) is 3.11. The number of carbonyl (C=O) groups is 1. The molecule has 0 unspecified atom stereocenters. The third kappa shape index (κ3) is 3.19. The second kappa shape index (κ2) is 6.53. The Morgan fingerprint density at radius 1 is 1.30 bits per heavy atom. The number of aromatic nitrogens is 2. The van der Waals surface area contributed by atoms with Crippen molar-refractivity contribution in [3.05, 3.63) is 42.9 Å². The molecule has 1 aromatic carbocycles. The fourth-order valence-corrected chi connectivity index (χ4v) is 2.88. The van der Waals surface area contributed by atoms with Crippen LogP contribution in [-0.4, -0.2) is 51.6 Å². The zero-order valence-corrected chi connectivity index (χ0v) is 13.1. The highest BCUT2D eigenvalue weighted by Crippen LogP contribution is 2.18. The van der Waals surface area contributed by atoms with Gasteiger partial charge in [0.15, 0.2) is 6.19 Å². The third-order valence-corrected chi connectivity index (χ3v) is 4.33. The topological polar surface area (TPSA) is 65.2 Å². The van der Waals surface area contributed by atoms with Crippen molar-refractivity contribution < 1.29 is 4.79 Å². The van der Waals surface area contributed by atoms with Gasteiger partial charge in [0, 0.05) is 37.9 Å². The summed E-state index contributed by atoms with van der Waals surface area (Å²) in [5.74, 6) is 0. The average molecular weight is 309 g/mol. The van der Waals surface area contributed by atoms with Crippen LogP contribution in [0.3, 0.4) is 0 Å². The predicted octanol–water partition coefficient (Wildman–Crippen LogP) is 2.40. The van der Waals surface area contributed by atoms with Gasteiger partial charge in [0.05, 0.1) is 5.69 Å². The maximum absolute atomic E-state index is 12.6. The molecule has 1 fully saturated rings. The van der Waals surface area contributed by atoms with E-state index >= 15 is 0 Å². The first-order chi connectivity index (χ1) is 11.2. The fourth-order valence-electron chi connectivity index (χ4n) is 2.88. The maximum Gasteiger partial charge on any atom is 0.329 e. The highest BCUT2D eigenvalue weighted by Gasteiger charge is 2.25. The Morgan fingerprint density at radius 2 is 2.00 bits per heavy atom. The zero-order chi connectivity index (χ0) is 16.2. The van der Waals surface area contributed by atoms with Gasteiger partial charge in [-0.25, -0.2) is 9.78 Å². The Bertz CT molecular complexity index is 710. The zero-order valence-electron chi connectivity index (χ0n) is 13.1. The molecule has 0 radical (unpaired) electrons. The maximum atomic E-state index is 12.6. The lowest BCUT2D eigenvalue weighted by Crippen LogP contribution is -2.45. The molecule has 1 saturated heterocycles. The minimum atomic E-state index is -0.0879. The number of amides is 1. The number of nitrogens with zero attached hydrogens (tertiary/aromatic N) is 5. The van der Waals surface area contributed by atoms with E-state index in [-0.39, 0.29) is 12.1 Å². The molecule has 2 heterocycles. The number of carbonyl (C=O) groups excluding carboxylic acids is 1. The van der Waals surface area contributed by atoms with Gasteiger partial charge in [-0.1, -0.05) is 30.3 Å². The van der Waals surface area contributed by atoms with Crippen molar-refractivity contribution in [1.29, 1.82) is 5.26 Å². The molecular weight excluding hydrogens is 290 g/mol. The van der Waals surface area contributed by atoms with Gasteiger partial charge in [0.25, 0.3) is 0 Å². The number of hydrogen-bond acceptors (Lipinski definition) is 4. The van der Waals surface area contributed by atoms with E-state index in [0.717, 1.165) is 24.1 Å². The number of benzene rings is 1. The van der Waals surface area contributed by atoms with Crippen molar-refractivity contribution >= 4 is 6.03 Å².